The third-order valence-electron chi connectivity index (χ3n) is 3.73. The van der Waals surface area contributed by atoms with Crippen LogP contribution in [0.5, 0.6) is 5.75 Å². The van der Waals surface area contributed by atoms with Gasteiger partial charge in [-0.3, -0.25) is 9.59 Å². The van der Waals surface area contributed by atoms with E-state index in [1.165, 1.54) is 4.90 Å². The maximum atomic E-state index is 12.3. The third kappa shape index (κ3) is 4.38. The molecule has 0 atom stereocenters. The van der Waals surface area contributed by atoms with Crippen molar-refractivity contribution in [2.45, 2.75) is 6.42 Å². The summed E-state index contributed by atoms with van der Waals surface area (Å²) in [6.45, 7) is -0.0500. The molecule has 0 aliphatic heterocycles. The van der Waals surface area contributed by atoms with Gasteiger partial charge in [-0.2, -0.15) is 0 Å². The van der Waals surface area contributed by atoms with Crippen LogP contribution < -0.4 is 10.1 Å². The van der Waals surface area contributed by atoms with Crippen LogP contribution in [-0.2, 0) is 16.0 Å². The van der Waals surface area contributed by atoms with Crippen LogP contribution >= 0.6 is 0 Å². The molecule has 3 aromatic rings. The number of carbonyl (C=O) groups is 2. The minimum atomic E-state index is -0.171. The topological polar surface area (TPSA) is 75.9 Å². The predicted molar refractivity (Wildman–Crippen MR) is 98.2 cm³/mol. The van der Waals surface area contributed by atoms with Gasteiger partial charge in [0.05, 0.1) is 12.1 Å². The second-order valence-electron chi connectivity index (χ2n) is 6.03. The molecule has 0 aliphatic carbocycles. The average Bonchev–Trinajstić information content (AvgIpc) is 3.01. The molecule has 0 radical (unpaired) electrons. The summed E-state index contributed by atoms with van der Waals surface area (Å²) in [7, 11) is 3.34. The molecule has 0 saturated heterocycles. The Hall–Kier alpha value is -3.35. The summed E-state index contributed by atoms with van der Waals surface area (Å²) < 4.78 is 7.33. The lowest BCUT2D eigenvalue weighted by atomic mass is 10.2. The zero-order chi connectivity index (χ0) is 18.5. The number of hydrogen-bond acceptors (Lipinski definition) is 4. The highest BCUT2D eigenvalue weighted by Gasteiger charge is 2.09. The molecule has 7 nitrogen and oxygen atoms in total. The van der Waals surface area contributed by atoms with Crippen molar-refractivity contribution < 1.29 is 14.3 Å². The minimum Gasteiger partial charge on any atom is -0.484 e. The van der Waals surface area contributed by atoms with Gasteiger partial charge >= 0.3 is 0 Å². The summed E-state index contributed by atoms with van der Waals surface area (Å²) in [5.41, 5.74) is 2.10. The molecule has 1 aromatic carbocycles. The van der Waals surface area contributed by atoms with E-state index in [0.717, 1.165) is 5.65 Å². The normalized spacial score (nSPS) is 10.5. The zero-order valence-electron chi connectivity index (χ0n) is 14.7. The Bertz CT molecular complexity index is 900. The van der Waals surface area contributed by atoms with Gasteiger partial charge in [0.2, 0.25) is 5.91 Å². The standard InChI is InChI=1S/C19H20N4O3/c1-22(2)19(25)13-26-16-7-5-6-14(10-16)21-18(24)11-15-12-23-9-4-3-8-17(23)20-15/h3-10,12H,11,13H2,1-2H3,(H,21,24). The van der Waals surface area contributed by atoms with E-state index in [1.54, 1.807) is 38.4 Å². The van der Waals surface area contributed by atoms with Crippen molar-refractivity contribution in [3.63, 3.8) is 0 Å². The number of amides is 2. The van der Waals surface area contributed by atoms with E-state index in [0.29, 0.717) is 17.1 Å². The molecule has 134 valence electrons. The van der Waals surface area contributed by atoms with Gasteiger partial charge in [-0.05, 0) is 24.3 Å². The Morgan fingerprint density at radius 1 is 1.19 bits per heavy atom. The summed E-state index contributed by atoms with van der Waals surface area (Å²) in [6.07, 6.45) is 3.90. The number of nitrogens with zero attached hydrogens (tertiary/aromatic N) is 3. The Labute approximate surface area is 151 Å². The van der Waals surface area contributed by atoms with Gasteiger partial charge in [0.15, 0.2) is 6.61 Å². The second kappa shape index (κ2) is 7.69. The molecular weight excluding hydrogens is 332 g/mol. The summed E-state index contributed by atoms with van der Waals surface area (Å²) >= 11 is 0. The monoisotopic (exact) mass is 352 g/mol. The predicted octanol–water partition coefficient (Wildman–Crippen LogP) is 1.98. The maximum absolute atomic E-state index is 12.3. The molecule has 2 heterocycles. The first kappa shape index (κ1) is 17.5. The van der Waals surface area contributed by atoms with Gasteiger partial charge in [-0.25, -0.2) is 4.98 Å². The number of fused-ring (bicyclic) bond motifs is 1. The zero-order valence-corrected chi connectivity index (χ0v) is 14.7. The number of nitrogens with one attached hydrogen (secondary N) is 1. The van der Waals surface area contributed by atoms with Crippen LogP contribution in [0.1, 0.15) is 5.69 Å². The quantitative estimate of drug-likeness (QED) is 0.736. The Kier molecular flexibility index (Phi) is 5.17. The highest BCUT2D eigenvalue weighted by Crippen LogP contribution is 2.18. The Morgan fingerprint density at radius 3 is 2.81 bits per heavy atom. The first-order chi connectivity index (χ1) is 12.5. The lowest BCUT2D eigenvalue weighted by Gasteiger charge is -2.12. The largest absolute Gasteiger partial charge is 0.484 e. The highest BCUT2D eigenvalue weighted by molar-refractivity contribution is 5.92. The molecule has 0 fully saturated rings. The van der Waals surface area contributed by atoms with Gasteiger partial charge in [0.1, 0.15) is 11.4 Å². The summed E-state index contributed by atoms with van der Waals surface area (Å²) in [6, 6.07) is 12.6. The van der Waals surface area contributed by atoms with E-state index in [1.807, 2.05) is 35.0 Å². The Balaban J connectivity index is 1.60. The number of pyridine rings is 1. The smallest absolute Gasteiger partial charge is 0.259 e. The van der Waals surface area contributed by atoms with Crippen molar-refractivity contribution in [1.82, 2.24) is 14.3 Å². The Morgan fingerprint density at radius 2 is 2.04 bits per heavy atom. The van der Waals surface area contributed by atoms with Crippen LogP contribution in [0.15, 0.2) is 54.9 Å². The van der Waals surface area contributed by atoms with Crippen LogP contribution in [-0.4, -0.2) is 46.8 Å². The number of imidazole rings is 1. The molecule has 7 heteroatoms. The van der Waals surface area contributed by atoms with Crippen molar-refractivity contribution in [3.8, 4) is 5.75 Å². The van der Waals surface area contributed by atoms with Crippen LogP contribution in [0.2, 0.25) is 0 Å². The van der Waals surface area contributed by atoms with E-state index >= 15 is 0 Å². The third-order valence-corrected chi connectivity index (χ3v) is 3.73. The van der Waals surface area contributed by atoms with Crippen molar-refractivity contribution in [3.05, 3.63) is 60.6 Å². The van der Waals surface area contributed by atoms with E-state index in [9.17, 15) is 9.59 Å². The fourth-order valence-corrected chi connectivity index (χ4v) is 2.38. The van der Waals surface area contributed by atoms with Gasteiger partial charge in [0.25, 0.3) is 5.91 Å². The molecule has 0 aliphatic rings. The SMILES string of the molecule is CN(C)C(=O)COc1cccc(NC(=O)Cc2cn3ccccc3n2)c1. The van der Waals surface area contributed by atoms with Gasteiger partial charge in [-0.15, -0.1) is 0 Å². The van der Waals surface area contributed by atoms with Crippen LogP contribution in [0.3, 0.4) is 0 Å². The number of rotatable bonds is 6. The molecule has 2 amide bonds. The number of anilines is 1. The first-order valence-electron chi connectivity index (χ1n) is 8.17. The van der Waals surface area contributed by atoms with E-state index < -0.39 is 0 Å². The second-order valence-corrected chi connectivity index (χ2v) is 6.03. The molecule has 26 heavy (non-hydrogen) atoms. The van der Waals surface area contributed by atoms with E-state index in [-0.39, 0.29) is 24.8 Å². The van der Waals surface area contributed by atoms with E-state index in [2.05, 4.69) is 10.3 Å². The maximum Gasteiger partial charge on any atom is 0.259 e. The lowest BCUT2D eigenvalue weighted by molar-refractivity contribution is -0.130. The van der Waals surface area contributed by atoms with Crippen LogP contribution in [0, 0.1) is 0 Å². The van der Waals surface area contributed by atoms with E-state index in [4.69, 9.17) is 4.74 Å². The molecule has 0 saturated carbocycles. The highest BCUT2D eigenvalue weighted by atomic mass is 16.5. The fraction of sp³-hybridized carbons (Fsp3) is 0.211. The fourth-order valence-electron chi connectivity index (χ4n) is 2.38. The molecule has 1 N–H and O–H groups in total. The minimum absolute atomic E-state index is 0.0500. The van der Waals surface area contributed by atoms with Crippen molar-refractivity contribution in [2.24, 2.45) is 0 Å². The molecule has 2 aromatic heterocycles. The summed E-state index contributed by atoms with van der Waals surface area (Å²) in [5.74, 6) is 0.215. The molecule has 3 rings (SSSR count). The molecule has 0 unspecified atom stereocenters. The number of ether oxygens (including phenoxy) is 1. The number of aromatic nitrogens is 2. The summed E-state index contributed by atoms with van der Waals surface area (Å²) in [4.78, 5) is 29.7. The summed E-state index contributed by atoms with van der Waals surface area (Å²) in [5, 5.41) is 2.82. The van der Waals surface area contributed by atoms with Gasteiger partial charge in [0, 0.05) is 38.2 Å². The van der Waals surface area contributed by atoms with Crippen LogP contribution in [0.4, 0.5) is 5.69 Å². The first-order valence-corrected chi connectivity index (χ1v) is 8.17. The molecule has 0 bridgehead atoms. The molecular formula is C19H20N4O3. The number of benzene rings is 1. The lowest BCUT2D eigenvalue weighted by Crippen LogP contribution is -2.27. The number of hydrogen-bond donors (Lipinski definition) is 1. The number of carbonyl (C=O) groups excluding carboxylic acids is 2. The van der Waals surface area contributed by atoms with Crippen molar-refractivity contribution >= 4 is 23.1 Å². The molecule has 0 spiro atoms. The number of likely N-dealkylation sites (N-methyl/N-ethyl adjacent to an activating group) is 1. The van der Waals surface area contributed by atoms with Gasteiger partial charge < -0.3 is 19.4 Å². The van der Waals surface area contributed by atoms with Crippen molar-refractivity contribution in [1.29, 1.82) is 0 Å². The average molecular weight is 352 g/mol. The van der Waals surface area contributed by atoms with Crippen LogP contribution in [0.25, 0.3) is 5.65 Å². The van der Waals surface area contributed by atoms with Gasteiger partial charge in [-0.1, -0.05) is 12.1 Å². The van der Waals surface area contributed by atoms with Crippen molar-refractivity contribution in [2.75, 3.05) is 26.0 Å².